The number of hydrogen-bond acceptors (Lipinski definition) is 4. The average molecular weight is 373 g/mol. The molecule has 0 amide bonds. The highest BCUT2D eigenvalue weighted by Crippen LogP contribution is 2.33. The van der Waals surface area contributed by atoms with Gasteiger partial charge in [0.15, 0.2) is 5.82 Å². The van der Waals surface area contributed by atoms with Crippen LogP contribution in [0.1, 0.15) is 24.7 Å². The maximum absolute atomic E-state index is 12.8. The molecule has 1 saturated heterocycles. The molecule has 4 rings (SSSR count). The van der Waals surface area contributed by atoms with Crippen LogP contribution in [0, 0.1) is 0 Å². The number of H-pyrrole nitrogens is 1. The molecule has 27 heavy (non-hydrogen) atoms. The maximum atomic E-state index is 12.8. The van der Waals surface area contributed by atoms with Crippen molar-refractivity contribution in [1.82, 2.24) is 24.8 Å². The smallest absolute Gasteiger partial charge is 0.347 e. The fraction of sp³-hybridized carbons (Fsp3) is 0.316. The number of imidazole rings is 1. The monoisotopic (exact) mass is 373 g/mol. The zero-order chi connectivity index (χ0) is 18.9. The van der Waals surface area contributed by atoms with Crippen LogP contribution in [0.25, 0.3) is 22.6 Å². The van der Waals surface area contributed by atoms with Crippen LogP contribution in [0.2, 0.25) is 0 Å². The highest BCUT2D eigenvalue weighted by atomic mass is 19.4. The van der Waals surface area contributed by atoms with Crippen LogP contribution in [0.5, 0.6) is 0 Å². The van der Waals surface area contributed by atoms with Gasteiger partial charge in [-0.3, -0.25) is 4.90 Å². The lowest BCUT2D eigenvalue weighted by Crippen LogP contribution is -2.34. The predicted molar refractivity (Wildman–Crippen MR) is 94.7 cm³/mol. The first kappa shape index (κ1) is 17.7. The number of likely N-dealkylation sites (tertiary alicyclic amines) is 1. The quantitative estimate of drug-likeness (QED) is 0.743. The largest absolute Gasteiger partial charge is 0.401 e. The number of rotatable bonds is 4. The lowest BCUT2D eigenvalue weighted by molar-refractivity contribution is -0.148. The van der Waals surface area contributed by atoms with Crippen molar-refractivity contribution in [2.75, 3.05) is 13.1 Å². The molecule has 3 aromatic rings. The van der Waals surface area contributed by atoms with Gasteiger partial charge in [0.1, 0.15) is 5.82 Å². The summed E-state index contributed by atoms with van der Waals surface area (Å²) in [4.78, 5) is 17.7. The van der Waals surface area contributed by atoms with E-state index in [2.05, 4.69) is 19.9 Å². The second-order valence-electron chi connectivity index (χ2n) is 6.58. The second-order valence-corrected chi connectivity index (χ2v) is 6.58. The van der Waals surface area contributed by atoms with Crippen LogP contribution in [-0.4, -0.2) is 44.1 Å². The Kier molecular flexibility index (Phi) is 4.65. The third-order valence-electron chi connectivity index (χ3n) is 4.64. The van der Waals surface area contributed by atoms with E-state index in [0.717, 1.165) is 17.5 Å². The number of nitrogens with zero attached hydrogens (tertiary/aromatic N) is 4. The Labute approximate surface area is 154 Å². The molecule has 3 heterocycles. The molecule has 1 atom stereocenters. The SMILES string of the molecule is FC(F)(F)CN1CCCC1c1nc(-c2cnc(-c3ccccc3)nc2)c[nH]1. The van der Waals surface area contributed by atoms with Gasteiger partial charge in [-0.25, -0.2) is 15.0 Å². The molecule has 2 aromatic heterocycles. The summed E-state index contributed by atoms with van der Waals surface area (Å²) >= 11 is 0. The molecule has 0 radical (unpaired) electrons. The first-order valence-electron chi connectivity index (χ1n) is 8.73. The lowest BCUT2D eigenvalue weighted by atomic mass is 10.2. The standard InChI is InChI=1S/C19H18F3N5/c20-19(21,22)12-27-8-4-7-16(27)18-25-11-15(26-18)14-9-23-17(24-10-14)13-5-2-1-3-6-13/h1-3,5-6,9-11,16H,4,7-8,12H2,(H,25,26). The van der Waals surface area contributed by atoms with E-state index in [0.29, 0.717) is 30.3 Å². The third kappa shape index (κ3) is 4.00. The molecule has 1 aromatic carbocycles. The van der Waals surface area contributed by atoms with Crippen LogP contribution in [0.4, 0.5) is 13.2 Å². The van der Waals surface area contributed by atoms with Gasteiger partial charge in [0.2, 0.25) is 0 Å². The topological polar surface area (TPSA) is 57.7 Å². The van der Waals surface area contributed by atoms with Crippen molar-refractivity contribution >= 4 is 0 Å². The molecular formula is C19H18F3N5. The molecule has 1 fully saturated rings. The zero-order valence-electron chi connectivity index (χ0n) is 14.4. The van der Waals surface area contributed by atoms with Crippen LogP contribution < -0.4 is 0 Å². The fourth-order valence-electron chi connectivity index (χ4n) is 3.41. The summed E-state index contributed by atoms with van der Waals surface area (Å²) in [7, 11) is 0. The summed E-state index contributed by atoms with van der Waals surface area (Å²) in [5.41, 5.74) is 2.27. The van der Waals surface area contributed by atoms with Crippen molar-refractivity contribution in [1.29, 1.82) is 0 Å². The van der Waals surface area contributed by atoms with Gasteiger partial charge in [0.25, 0.3) is 0 Å². The normalized spacial score (nSPS) is 18.1. The van der Waals surface area contributed by atoms with Crippen LogP contribution in [0.15, 0.2) is 48.9 Å². The zero-order valence-corrected chi connectivity index (χ0v) is 14.4. The van der Waals surface area contributed by atoms with E-state index in [1.165, 1.54) is 4.90 Å². The van der Waals surface area contributed by atoms with Gasteiger partial charge in [-0.15, -0.1) is 0 Å². The van der Waals surface area contributed by atoms with Crippen LogP contribution in [-0.2, 0) is 0 Å². The first-order chi connectivity index (χ1) is 13.0. The molecule has 1 N–H and O–H groups in total. The third-order valence-corrected chi connectivity index (χ3v) is 4.64. The van der Waals surface area contributed by atoms with Crippen LogP contribution >= 0.6 is 0 Å². The van der Waals surface area contributed by atoms with Crippen molar-refractivity contribution in [2.45, 2.75) is 25.1 Å². The number of alkyl halides is 3. The number of nitrogens with one attached hydrogen (secondary N) is 1. The molecule has 140 valence electrons. The Morgan fingerprint density at radius 3 is 2.52 bits per heavy atom. The molecule has 0 spiro atoms. The number of hydrogen-bond donors (Lipinski definition) is 1. The molecule has 1 aliphatic heterocycles. The van der Waals surface area contributed by atoms with Crippen LogP contribution in [0.3, 0.4) is 0 Å². The van der Waals surface area contributed by atoms with E-state index in [-0.39, 0.29) is 6.04 Å². The summed E-state index contributed by atoms with van der Waals surface area (Å²) in [6.45, 7) is -0.488. The molecule has 8 heteroatoms. The fourth-order valence-corrected chi connectivity index (χ4v) is 3.41. The van der Waals surface area contributed by atoms with Gasteiger partial charge < -0.3 is 4.98 Å². The Morgan fingerprint density at radius 1 is 1.07 bits per heavy atom. The Morgan fingerprint density at radius 2 is 1.81 bits per heavy atom. The predicted octanol–water partition coefficient (Wildman–Crippen LogP) is 4.23. The summed E-state index contributed by atoms with van der Waals surface area (Å²) < 4.78 is 38.3. The van der Waals surface area contributed by atoms with E-state index in [1.54, 1.807) is 18.6 Å². The van der Waals surface area contributed by atoms with Gasteiger partial charge >= 0.3 is 6.18 Å². The minimum absolute atomic E-state index is 0.343. The van der Waals surface area contributed by atoms with E-state index in [1.807, 2.05) is 30.3 Å². The van der Waals surface area contributed by atoms with E-state index in [9.17, 15) is 13.2 Å². The van der Waals surface area contributed by atoms with Gasteiger partial charge in [0, 0.05) is 29.7 Å². The molecule has 1 aliphatic rings. The average Bonchev–Trinajstić information content (AvgIpc) is 3.30. The summed E-state index contributed by atoms with van der Waals surface area (Å²) in [5.74, 6) is 1.17. The molecule has 0 saturated carbocycles. The first-order valence-corrected chi connectivity index (χ1v) is 8.73. The van der Waals surface area contributed by atoms with E-state index >= 15 is 0 Å². The number of aromatic amines is 1. The number of halogens is 3. The molecule has 1 unspecified atom stereocenters. The molecular weight excluding hydrogens is 355 g/mol. The minimum Gasteiger partial charge on any atom is -0.347 e. The molecule has 0 bridgehead atoms. The van der Waals surface area contributed by atoms with E-state index < -0.39 is 12.7 Å². The van der Waals surface area contributed by atoms with Gasteiger partial charge in [-0.2, -0.15) is 13.2 Å². The summed E-state index contributed by atoms with van der Waals surface area (Å²) in [5, 5.41) is 0. The minimum atomic E-state index is -4.21. The van der Waals surface area contributed by atoms with Gasteiger partial charge in [0.05, 0.1) is 18.3 Å². The van der Waals surface area contributed by atoms with Crippen molar-refractivity contribution in [2.24, 2.45) is 0 Å². The van der Waals surface area contributed by atoms with Crippen molar-refractivity contribution in [3.8, 4) is 22.6 Å². The second kappa shape index (κ2) is 7.11. The van der Waals surface area contributed by atoms with E-state index in [4.69, 9.17) is 0 Å². The summed E-state index contributed by atoms with van der Waals surface area (Å²) in [6, 6.07) is 9.27. The highest BCUT2D eigenvalue weighted by molar-refractivity contribution is 5.60. The van der Waals surface area contributed by atoms with Crippen molar-refractivity contribution in [3.05, 3.63) is 54.7 Å². The Bertz CT molecular complexity index is 890. The van der Waals surface area contributed by atoms with Crippen molar-refractivity contribution in [3.63, 3.8) is 0 Å². The highest BCUT2D eigenvalue weighted by Gasteiger charge is 2.37. The Hall–Kier alpha value is -2.74. The van der Waals surface area contributed by atoms with Crippen molar-refractivity contribution < 1.29 is 13.2 Å². The van der Waals surface area contributed by atoms with Gasteiger partial charge in [-0.1, -0.05) is 30.3 Å². The Balaban J connectivity index is 1.52. The van der Waals surface area contributed by atoms with Gasteiger partial charge in [-0.05, 0) is 19.4 Å². The number of aromatic nitrogens is 4. The number of benzene rings is 1. The molecule has 0 aliphatic carbocycles. The molecule has 5 nitrogen and oxygen atoms in total. The summed E-state index contributed by atoms with van der Waals surface area (Å²) in [6.07, 6.45) is 2.23. The lowest BCUT2D eigenvalue weighted by Gasteiger charge is -2.23. The maximum Gasteiger partial charge on any atom is 0.401 e.